The minimum atomic E-state index is -1.05. The lowest BCUT2D eigenvalue weighted by Crippen LogP contribution is -2.41. The van der Waals surface area contributed by atoms with Crippen molar-refractivity contribution in [3.05, 3.63) is 11.1 Å². The number of carbonyl (C=O) groups excluding carboxylic acids is 1. The minimum absolute atomic E-state index is 0.116. The van der Waals surface area contributed by atoms with Gasteiger partial charge in [-0.25, -0.2) is 0 Å². The third-order valence-corrected chi connectivity index (χ3v) is 2.35. The number of carbonyl (C=O) groups is 1. The molecule has 3 heteroatoms. The minimum Gasteiger partial charge on any atom is -0.390 e. The summed E-state index contributed by atoms with van der Waals surface area (Å²) in [6.07, 6.45) is -0.439. The molecular formula is C10H16O3. The Morgan fingerprint density at radius 1 is 1.54 bits per heavy atom. The van der Waals surface area contributed by atoms with E-state index in [1.165, 1.54) is 0 Å². The number of allylic oxidation sites excluding steroid dienone is 1. The Morgan fingerprint density at radius 2 is 2.08 bits per heavy atom. The Bertz CT molecular complexity index is 259. The van der Waals surface area contributed by atoms with Gasteiger partial charge in [0, 0.05) is 18.4 Å². The topological polar surface area (TPSA) is 57.5 Å². The fourth-order valence-electron chi connectivity index (χ4n) is 1.83. The first-order valence-corrected chi connectivity index (χ1v) is 4.44. The molecule has 1 rings (SSSR count). The molecule has 1 fully saturated rings. The van der Waals surface area contributed by atoms with Crippen LogP contribution in [0.1, 0.15) is 33.6 Å². The van der Waals surface area contributed by atoms with Crippen LogP contribution in [-0.2, 0) is 4.79 Å². The van der Waals surface area contributed by atoms with E-state index in [1.54, 1.807) is 20.8 Å². The molecule has 0 aromatic carbocycles. The summed E-state index contributed by atoms with van der Waals surface area (Å²) in [7, 11) is 0. The molecule has 0 aromatic heterocycles. The Hall–Kier alpha value is -0.670. The molecule has 3 nitrogen and oxygen atoms in total. The maximum Gasteiger partial charge on any atom is 0.164 e. The van der Waals surface area contributed by atoms with Gasteiger partial charge in [0.15, 0.2) is 5.78 Å². The quantitative estimate of drug-likeness (QED) is 0.547. The van der Waals surface area contributed by atoms with Crippen molar-refractivity contribution in [3.8, 4) is 0 Å². The summed E-state index contributed by atoms with van der Waals surface area (Å²) >= 11 is 0. The molecule has 0 aliphatic heterocycles. The molecule has 1 saturated carbocycles. The fraction of sp³-hybridized carbons (Fsp3) is 0.700. The molecular weight excluding hydrogens is 168 g/mol. The first-order valence-electron chi connectivity index (χ1n) is 4.44. The number of Topliss-reactive ketones (excluding diaryl/α,β-unsaturated/α-hetero) is 1. The van der Waals surface area contributed by atoms with Gasteiger partial charge in [-0.1, -0.05) is 5.57 Å². The molecule has 0 saturated heterocycles. The van der Waals surface area contributed by atoms with Gasteiger partial charge in [0.05, 0.1) is 11.7 Å². The molecule has 1 aliphatic carbocycles. The van der Waals surface area contributed by atoms with E-state index in [-0.39, 0.29) is 18.6 Å². The van der Waals surface area contributed by atoms with Crippen molar-refractivity contribution in [1.82, 2.24) is 0 Å². The third-order valence-electron chi connectivity index (χ3n) is 2.35. The number of hydrogen-bond donors (Lipinski definition) is 2. The molecule has 2 atom stereocenters. The number of rotatable bonds is 0. The van der Waals surface area contributed by atoms with Crippen LogP contribution in [0.3, 0.4) is 0 Å². The van der Waals surface area contributed by atoms with E-state index in [0.29, 0.717) is 5.57 Å². The Morgan fingerprint density at radius 3 is 2.46 bits per heavy atom. The van der Waals surface area contributed by atoms with E-state index >= 15 is 0 Å². The first kappa shape index (κ1) is 10.4. The van der Waals surface area contributed by atoms with Crippen LogP contribution in [-0.4, -0.2) is 27.7 Å². The van der Waals surface area contributed by atoms with Crippen LogP contribution < -0.4 is 0 Å². The van der Waals surface area contributed by atoms with Crippen LogP contribution >= 0.6 is 0 Å². The van der Waals surface area contributed by atoms with Crippen molar-refractivity contribution in [2.75, 3.05) is 0 Å². The number of aliphatic hydroxyl groups is 2. The molecule has 1 aliphatic rings. The zero-order valence-electron chi connectivity index (χ0n) is 8.29. The lowest BCUT2D eigenvalue weighted by molar-refractivity contribution is -0.125. The zero-order chi connectivity index (χ0) is 10.2. The van der Waals surface area contributed by atoms with Gasteiger partial charge in [0.25, 0.3) is 0 Å². The highest BCUT2D eigenvalue weighted by atomic mass is 16.3. The SMILES string of the molecule is CC(C)=C1C(=O)CC(C)(O)CC1O. The van der Waals surface area contributed by atoms with E-state index < -0.39 is 11.7 Å². The van der Waals surface area contributed by atoms with Gasteiger partial charge in [-0.3, -0.25) is 4.79 Å². The van der Waals surface area contributed by atoms with E-state index in [4.69, 9.17) is 0 Å². The smallest absolute Gasteiger partial charge is 0.164 e. The second-order valence-corrected chi connectivity index (χ2v) is 4.23. The molecule has 0 spiro atoms. The summed E-state index contributed by atoms with van der Waals surface area (Å²) < 4.78 is 0. The predicted octanol–water partition coefficient (Wildman–Crippen LogP) is 0.798. The van der Waals surface area contributed by atoms with E-state index in [0.717, 1.165) is 5.57 Å². The molecule has 0 radical (unpaired) electrons. The highest BCUT2D eigenvalue weighted by molar-refractivity contribution is 5.98. The second-order valence-electron chi connectivity index (χ2n) is 4.23. The average Bonchev–Trinajstić information content (AvgIpc) is 1.78. The van der Waals surface area contributed by atoms with Gasteiger partial charge in [-0.05, 0) is 20.8 Å². The number of hydrogen-bond acceptors (Lipinski definition) is 3. The van der Waals surface area contributed by atoms with Crippen LogP contribution in [0.5, 0.6) is 0 Å². The van der Waals surface area contributed by atoms with Crippen LogP contribution in [0, 0.1) is 0 Å². The molecule has 0 heterocycles. The Balaban J connectivity index is 2.96. The fourth-order valence-corrected chi connectivity index (χ4v) is 1.83. The highest BCUT2D eigenvalue weighted by Crippen LogP contribution is 2.30. The van der Waals surface area contributed by atoms with Crippen molar-refractivity contribution in [2.24, 2.45) is 0 Å². The monoisotopic (exact) mass is 184 g/mol. The van der Waals surface area contributed by atoms with Gasteiger partial charge < -0.3 is 10.2 Å². The first-order chi connectivity index (χ1) is 5.83. The third kappa shape index (κ3) is 2.17. The molecule has 0 amide bonds. The number of aliphatic hydroxyl groups excluding tert-OH is 1. The predicted molar refractivity (Wildman–Crippen MR) is 49.2 cm³/mol. The van der Waals surface area contributed by atoms with Crippen molar-refractivity contribution in [1.29, 1.82) is 0 Å². The van der Waals surface area contributed by atoms with Gasteiger partial charge in [-0.15, -0.1) is 0 Å². The van der Waals surface area contributed by atoms with Gasteiger partial charge in [0.1, 0.15) is 0 Å². The van der Waals surface area contributed by atoms with Crippen LogP contribution in [0.25, 0.3) is 0 Å². The molecule has 0 aromatic rings. The van der Waals surface area contributed by atoms with E-state index in [1.807, 2.05) is 0 Å². The summed E-state index contributed by atoms with van der Waals surface area (Å²) in [5.74, 6) is -0.135. The maximum atomic E-state index is 11.5. The summed E-state index contributed by atoms with van der Waals surface area (Å²) in [4.78, 5) is 11.5. The summed E-state index contributed by atoms with van der Waals surface area (Å²) in [6, 6.07) is 0. The second kappa shape index (κ2) is 3.24. The van der Waals surface area contributed by atoms with Crippen LogP contribution in [0.2, 0.25) is 0 Å². The van der Waals surface area contributed by atoms with Crippen molar-refractivity contribution < 1.29 is 15.0 Å². The molecule has 74 valence electrons. The lowest BCUT2D eigenvalue weighted by atomic mass is 9.79. The standard InChI is InChI=1S/C10H16O3/c1-6(2)9-7(11)4-10(3,13)5-8(9)12/h7,11,13H,4-5H2,1-3H3. The summed E-state index contributed by atoms with van der Waals surface area (Å²) in [5, 5.41) is 19.2. The van der Waals surface area contributed by atoms with Crippen LogP contribution in [0.4, 0.5) is 0 Å². The highest BCUT2D eigenvalue weighted by Gasteiger charge is 2.37. The molecule has 2 unspecified atom stereocenters. The summed E-state index contributed by atoms with van der Waals surface area (Å²) in [5.41, 5.74) is 0.273. The van der Waals surface area contributed by atoms with Crippen molar-refractivity contribution in [2.45, 2.75) is 45.3 Å². The zero-order valence-corrected chi connectivity index (χ0v) is 8.29. The molecule has 2 N–H and O–H groups in total. The number of ketones is 1. The lowest BCUT2D eigenvalue weighted by Gasteiger charge is -2.32. The Labute approximate surface area is 78.1 Å². The largest absolute Gasteiger partial charge is 0.390 e. The average molecular weight is 184 g/mol. The summed E-state index contributed by atoms with van der Waals surface area (Å²) in [6.45, 7) is 5.18. The van der Waals surface area contributed by atoms with Crippen molar-refractivity contribution in [3.63, 3.8) is 0 Å². The Kier molecular flexibility index (Phi) is 2.59. The molecule has 0 bridgehead atoms. The maximum absolute atomic E-state index is 11.5. The van der Waals surface area contributed by atoms with Gasteiger partial charge in [0.2, 0.25) is 0 Å². The van der Waals surface area contributed by atoms with E-state index in [9.17, 15) is 15.0 Å². The molecule has 13 heavy (non-hydrogen) atoms. The van der Waals surface area contributed by atoms with Gasteiger partial charge >= 0.3 is 0 Å². The normalized spacial score (nSPS) is 35.0. The van der Waals surface area contributed by atoms with Crippen LogP contribution in [0.15, 0.2) is 11.1 Å². The van der Waals surface area contributed by atoms with Gasteiger partial charge in [-0.2, -0.15) is 0 Å². The van der Waals surface area contributed by atoms with Crippen molar-refractivity contribution >= 4 is 5.78 Å². The van der Waals surface area contributed by atoms with E-state index in [2.05, 4.69) is 0 Å².